The van der Waals surface area contributed by atoms with Crippen molar-refractivity contribution in [1.82, 2.24) is 0 Å². The van der Waals surface area contributed by atoms with Gasteiger partial charge in [-0.25, -0.2) is 4.79 Å². The van der Waals surface area contributed by atoms with E-state index in [9.17, 15) is 4.79 Å². The molecule has 0 amide bonds. The molecule has 4 heteroatoms. The van der Waals surface area contributed by atoms with Crippen molar-refractivity contribution in [3.8, 4) is 0 Å². The molecule has 0 unspecified atom stereocenters. The van der Waals surface area contributed by atoms with E-state index in [-0.39, 0.29) is 5.97 Å². The van der Waals surface area contributed by atoms with E-state index in [0.717, 1.165) is 37.0 Å². The lowest BCUT2D eigenvalue weighted by molar-refractivity contribution is -0.138. The summed E-state index contributed by atoms with van der Waals surface area (Å²) in [6.45, 7) is 2.17. The predicted octanol–water partition coefficient (Wildman–Crippen LogP) is 3.89. The van der Waals surface area contributed by atoms with E-state index in [0.29, 0.717) is 18.3 Å². The summed E-state index contributed by atoms with van der Waals surface area (Å²) >= 11 is 0. The van der Waals surface area contributed by atoms with Crippen LogP contribution in [0.4, 0.5) is 0 Å². The van der Waals surface area contributed by atoms with E-state index in [1.807, 2.05) is 6.92 Å². The van der Waals surface area contributed by atoms with Crippen LogP contribution in [0.1, 0.15) is 77.6 Å². The molecule has 0 heterocycles. The number of carbonyl (C=O) groups excluding carboxylic acids is 1. The Morgan fingerprint density at radius 3 is 2.41 bits per heavy atom. The SMILES string of the molecule is CCOC(=O)C(N)=C1CCCCCCC1=NC1CCCCC1. The Labute approximate surface area is 134 Å². The number of hydrogen-bond acceptors (Lipinski definition) is 4. The first-order chi connectivity index (χ1) is 10.7. The third-order valence-corrected chi connectivity index (χ3v) is 4.67. The van der Waals surface area contributed by atoms with Gasteiger partial charge in [0, 0.05) is 11.3 Å². The third-order valence-electron chi connectivity index (χ3n) is 4.67. The molecule has 0 aliphatic heterocycles. The van der Waals surface area contributed by atoms with Gasteiger partial charge in [0.1, 0.15) is 5.70 Å². The lowest BCUT2D eigenvalue weighted by Gasteiger charge is -2.22. The predicted molar refractivity (Wildman–Crippen MR) is 89.9 cm³/mol. The topological polar surface area (TPSA) is 64.7 Å². The summed E-state index contributed by atoms with van der Waals surface area (Å²) in [7, 11) is 0. The zero-order valence-electron chi connectivity index (χ0n) is 13.9. The van der Waals surface area contributed by atoms with Crippen LogP contribution in [-0.4, -0.2) is 24.3 Å². The van der Waals surface area contributed by atoms with Gasteiger partial charge < -0.3 is 10.5 Å². The first kappa shape index (κ1) is 17.0. The van der Waals surface area contributed by atoms with Crippen molar-refractivity contribution in [2.75, 3.05) is 6.61 Å². The minimum absolute atomic E-state index is 0.290. The summed E-state index contributed by atoms with van der Waals surface area (Å²) in [5, 5.41) is 0. The smallest absolute Gasteiger partial charge is 0.354 e. The first-order valence-electron chi connectivity index (χ1n) is 8.95. The summed E-state index contributed by atoms with van der Waals surface area (Å²) in [6.07, 6.45) is 12.7. The standard InChI is InChI=1S/C18H30N2O2/c1-2-22-18(21)17(19)15-12-8-3-4-9-13-16(15)20-14-10-6-5-7-11-14/h14H,2-13,19H2,1H3. The monoisotopic (exact) mass is 306 g/mol. The van der Waals surface area contributed by atoms with Gasteiger partial charge in [-0.3, -0.25) is 4.99 Å². The highest BCUT2D eigenvalue weighted by molar-refractivity contribution is 6.06. The molecule has 2 aliphatic rings. The quantitative estimate of drug-likeness (QED) is 0.635. The van der Waals surface area contributed by atoms with Gasteiger partial charge in [0.15, 0.2) is 0 Å². The average Bonchev–Trinajstić information content (AvgIpc) is 2.51. The Kier molecular flexibility index (Phi) is 6.94. The van der Waals surface area contributed by atoms with E-state index in [1.54, 1.807) is 0 Å². The zero-order chi connectivity index (χ0) is 15.8. The van der Waals surface area contributed by atoms with Crippen LogP contribution >= 0.6 is 0 Å². The van der Waals surface area contributed by atoms with Crippen LogP contribution in [0.5, 0.6) is 0 Å². The van der Waals surface area contributed by atoms with Crippen molar-refractivity contribution in [1.29, 1.82) is 0 Å². The summed E-state index contributed by atoms with van der Waals surface area (Å²) < 4.78 is 5.09. The van der Waals surface area contributed by atoms with E-state index in [4.69, 9.17) is 15.5 Å². The fraction of sp³-hybridized carbons (Fsp3) is 0.778. The number of rotatable bonds is 3. The van der Waals surface area contributed by atoms with Gasteiger partial charge in [-0.1, -0.05) is 32.1 Å². The van der Waals surface area contributed by atoms with Crippen molar-refractivity contribution < 1.29 is 9.53 Å². The second kappa shape index (κ2) is 8.96. The Morgan fingerprint density at radius 1 is 1.09 bits per heavy atom. The zero-order valence-corrected chi connectivity index (χ0v) is 13.9. The highest BCUT2D eigenvalue weighted by Gasteiger charge is 2.21. The van der Waals surface area contributed by atoms with Crippen LogP contribution in [0.3, 0.4) is 0 Å². The van der Waals surface area contributed by atoms with E-state index < -0.39 is 0 Å². The minimum atomic E-state index is -0.380. The number of ether oxygens (including phenoxy) is 1. The highest BCUT2D eigenvalue weighted by Crippen LogP contribution is 2.26. The van der Waals surface area contributed by atoms with Gasteiger partial charge in [0.05, 0.1) is 12.6 Å². The summed E-state index contributed by atoms with van der Waals surface area (Å²) in [5.74, 6) is -0.380. The lowest BCUT2D eigenvalue weighted by Crippen LogP contribution is -2.23. The number of esters is 1. The Balaban J connectivity index is 2.24. The molecule has 0 aromatic carbocycles. The van der Waals surface area contributed by atoms with Crippen LogP contribution in [0.15, 0.2) is 16.3 Å². The largest absolute Gasteiger partial charge is 0.461 e. The van der Waals surface area contributed by atoms with Gasteiger partial charge >= 0.3 is 5.97 Å². The summed E-state index contributed by atoms with van der Waals surface area (Å²) in [4.78, 5) is 17.0. The molecule has 124 valence electrons. The fourth-order valence-corrected chi connectivity index (χ4v) is 3.44. The van der Waals surface area contributed by atoms with Crippen molar-refractivity contribution in [2.24, 2.45) is 10.7 Å². The summed E-state index contributed by atoms with van der Waals surface area (Å²) in [6, 6.07) is 0.424. The average molecular weight is 306 g/mol. The molecule has 2 N–H and O–H groups in total. The number of allylic oxidation sites excluding steroid dienone is 1. The van der Waals surface area contributed by atoms with Gasteiger partial charge in [-0.2, -0.15) is 0 Å². The third kappa shape index (κ3) is 4.85. The molecule has 2 fully saturated rings. The van der Waals surface area contributed by atoms with Crippen molar-refractivity contribution in [3.63, 3.8) is 0 Å². The molecule has 0 radical (unpaired) electrons. The van der Waals surface area contributed by atoms with Crippen molar-refractivity contribution in [3.05, 3.63) is 11.3 Å². The molecule has 0 bridgehead atoms. The Hall–Kier alpha value is -1.32. The molecule has 4 nitrogen and oxygen atoms in total. The van der Waals surface area contributed by atoms with Crippen LogP contribution in [0, 0.1) is 0 Å². The molecule has 2 aliphatic carbocycles. The fourth-order valence-electron chi connectivity index (χ4n) is 3.44. The maximum absolute atomic E-state index is 12.0. The van der Waals surface area contributed by atoms with Crippen molar-refractivity contribution >= 4 is 11.7 Å². The number of hydrogen-bond donors (Lipinski definition) is 1. The van der Waals surface area contributed by atoms with E-state index in [2.05, 4.69) is 0 Å². The van der Waals surface area contributed by atoms with Gasteiger partial charge in [-0.15, -0.1) is 0 Å². The first-order valence-corrected chi connectivity index (χ1v) is 8.95. The van der Waals surface area contributed by atoms with Crippen molar-refractivity contribution in [2.45, 2.75) is 83.6 Å². The number of nitrogens with zero attached hydrogens (tertiary/aromatic N) is 1. The molecular weight excluding hydrogens is 276 g/mol. The molecule has 0 atom stereocenters. The van der Waals surface area contributed by atoms with Gasteiger partial charge in [0.2, 0.25) is 0 Å². The van der Waals surface area contributed by atoms with Crippen LogP contribution < -0.4 is 5.73 Å². The Bertz CT molecular complexity index is 434. The Morgan fingerprint density at radius 2 is 1.73 bits per heavy atom. The van der Waals surface area contributed by atoms with Crippen LogP contribution in [-0.2, 0) is 9.53 Å². The molecular formula is C18H30N2O2. The number of carbonyl (C=O) groups is 1. The van der Waals surface area contributed by atoms with Gasteiger partial charge in [0.25, 0.3) is 0 Å². The number of nitrogens with two attached hydrogens (primary N) is 1. The second-order valence-electron chi connectivity index (χ2n) is 6.39. The lowest BCUT2D eigenvalue weighted by atomic mass is 9.91. The maximum atomic E-state index is 12.0. The highest BCUT2D eigenvalue weighted by atomic mass is 16.5. The molecule has 22 heavy (non-hydrogen) atoms. The minimum Gasteiger partial charge on any atom is -0.461 e. The van der Waals surface area contributed by atoms with E-state index >= 15 is 0 Å². The second-order valence-corrected chi connectivity index (χ2v) is 6.39. The molecule has 2 saturated carbocycles. The molecule has 0 aromatic heterocycles. The molecule has 0 spiro atoms. The molecule has 0 saturated heterocycles. The molecule has 0 aromatic rings. The number of aliphatic imine (C=N–C) groups is 1. The van der Waals surface area contributed by atoms with E-state index in [1.165, 1.54) is 44.9 Å². The summed E-state index contributed by atoms with van der Waals surface area (Å²) in [5.41, 5.74) is 8.45. The normalized spacial score (nSPS) is 25.4. The van der Waals surface area contributed by atoms with Crippen LogP contribution in [0.25, 0.3) is 0 Å². The van der Waals surface area contributed by atoms with Gasteiger partial charge in [-0.05, 0) is 45.4 Å². The maximum Gasteiger partial charge on any atom is 0.354 e. The van der Waals surface area contributed by atoms with Crippen LogP contribution in [0.2, 0.25) is 0 Å². The molecule has 2 rings (SSSR count).